The number of hydrogen-bond donors (Lipinski definition) is 1. The number of aryl methyl sites for hydroxylation is 1. The summed E-state index contributed by atoms with van der Waals surface area (Å²) in [6.07, 6.45) is 3.50. The molecule has 1 N–H and O–H groups in total. The van der Waals surface area contributed by atoms with Crippen molar-refractivity contribution in [2.75, 3.05) is 0 Å². The van der Waals surface area contributed by atoms with Crippen LogP contribution in [0.1, 0.15) is 31.2 Å². The van der Waals surface area contributed by atoms with Crippen LogP contribution in [0.4, 0.5) is 4.39 Å². The first kappa shape index (κ1) is 14.8. The van der Waals surface area contributed by atoms with E-state index in [9.17, 15) is 12.8 Å². The fourth-order valence-electron chi connectivity index (χ4n) is 2.34. The van der Waals surface area contributed by atoms with E-state index >= 15 is 0 Å². The van der Waals surface area contributed by atoms with Crippen LogP contribution in [0.5, 0.6) is 0 Å². The summed E-state index contributed by atoms with van der Waals surface area (Å²) in [5, 5.41) is -0.197. The number of hydrogen-bond acceptors (Lipinski definition) is 2. The summed E-state index contributed by atoms with van der Waals surface area (Å²) in [4.78, 5) is -0.0121. The molecule has 2 atom stereocenters. The average Bonchev–Trinajstić information content (AvgIpc) is 2.35. The molecular weight excluding hydrogens is 289 g/mol. The molecule has 0 spiro atoms. The van der Waals surface area contributed by atoms with Gasteiger partial charge in [-0.1, -0.05) is 18.9 Å². The highest BCUT2D eigenvalue weighted by Gasteiger charge is 2.29. The van der Waals surface area contributed by atoms with E-state index in [2.05, 4.69) is 4.72 Å². The lowest BCUT2D eigenvalue weighted by atomic mass is 9.96. The number of sulfonamides is 1. The van der Waals surface area contributed by atoms with Crippen LogP contribution in [-0.2, 0) is 10.0 Å². The molecule has 0 aliphatic heterocycles. The van der Waals surface area contributed by atoms with Gasteiger partial charge in [-0.2, -0.15) is 0 Å². The highest BCUT2D eigenvalue weighted by Crippen LogP contribution is 2.25. The Hall–Kier alpha value is -0.650. The summed E-state index contributed by atoms with van der Waals surface area (Å²) in [7, 11) is -3.72. The standard InChI is InChI=1S/C13H17ClFNO2S/c1-9-6-7-10(15)8-13(9)19(17,18)16-12-5-3-2-4-11(12)14/h6-8,11-12,16H,2-5H2,1H3. The second kappa shape index (κ2) is 5.77. The predicted molar refractivity (Wildman–Crippen MR) is 73.4 cm³/mol. The Bertz CT molecular complexity index is 562. The summed E-state index contributed by atoms with van der Waals surface area (Å²) in [6.45, 7) is 1.65. The van der Waals surface area contributed by atoms with Gasteiger partial charge in [-0.15, -0.1) is 11.6 Å². The van der Waals surface area contributed by atoms with Crippen molar-refractivity contribution in [2.24, 2.45) is 0 Å². The number of alkyl halides is 1. The van der Waals surface area contributed by atoms with E-state index in [-0.39, 0.29) is 16.3 Å². The quantitative estimate of drug-likeness (QED) is 0.873. The van der Waals surface area contributed by atoms with E-state index in [0.29, 0.717) is 5.56 Å². The van der Waals surface area contributed by atoms with Gasteiger partial charge in [0.2, 0.25) is 10.0 Å². The molecule has 0 heterocycles. The zero-order valence-electron chi connectivity index (χ0n) is 10.7. The van der Waals surface area contributed by atoms with Crippen molar-refractivity contribution in [3.05, 3.63) is 29.6 Å². The van der Waals surface area contributed by atoms with Crippen molar-refractivity contribution in [1.82, 2.24) is 4.72 Å². The van der Waals surface area contributed by atoms with Crippen molar-refractivity contribution in [3.63, 3.8) is 0 Å². The molecule has 0 bridgehead atoms. The third-order valence-corrected chi connectivity index (χ3v) is 5.58. The predicted octanol–water partition coefficient (Wildman–Crippen LogP) is 2.96. The van der Waals surface area contributed by atoms with E-state index < -0.39 is 15.8 Å². The molecule has 2 unspecified atom stereocenters. The van der Waals surface area contributed by atoms with Crippen LogP contribution in [0.2, 0.25) is 0 Å². The van der Waals surface area contributed by atoms with Crippen molar-refractivity contribution in [2.45, 2.75) is 48.9 Å². The SMILES string of the molecule is Cc1ccc(F)cc1S(=O)(=O)NC1CCCCC1Cl. The van der Waals surface area contributed by atoms with Crippen LogP contribution >= 0.6 is 11.6 Å². The molecule has 1 saturated carbocycles. The first-order valence-electron chi connectivity index (χ1n) is 6.33. The number of halogens is 2. The van der Waals surface area contributed by atoms with Gasteiger partial charge in [-0.3, -0.25) is 0 Å². The van der Waals surface area contributed by atoms with Crippen molar-refractivity contribution >= 4 is 21.6 Å². The van der Waals surface area contributed by atoms with E-state index in [4.69, 9.17) is 11.6 Å². The molecule has 1 aromatic rings. The Morgan fingerprint density at radius 2 is 2.00 bits per heavy atom. The second-order valence-electron chi connectivity index (χ2n) is 4.94. The largest absolute Gasteiger partial charge is 0.241 e. The Balaban J connectivity index is 2.24. The summed E-state index contributed by atoms with van der Waals surface area (Å²) in [6, 6.07) is 3.48. The van der Waals surface area contributed by atoms with Gasteiger partial charge in [0.05, 0.1) is 4.90 Å². The molecule has 3 nitrogen and oxygen atoms in total. The summed E-state index contributed by atoms with van der Waals surface area (Å²) in [5.41, 5.74) is 0.524. The Morgan fingerprint density at radius 1 is 1.32 bits per heavy atom. The summed E-state index contributed by atoms with van der Waals surface area (Å²) in [5.74, 6) is -0.558. The first-order valence-corrected chi connectivity index (χ1v) is 8.24. The maximum atomic E-state index is 13.2. The van der Waals surface area contributed by atoms with Gasteiger partial charge in [0.15, 0.2) is 0 Å². The first-order chi connectivity index (χ1) is 8.90. The minimum Gasteiger partial charge on any atom is -0.207 e. The normalized spacial score (nSPS) is 24.4. The molecule has 0 radical (unpaired) electrons. The third kappa shape index (κ3) is 3.46. The Labute approximate surface area is 118 Å². The van der Waals surface area contributed by atoms with Gasteiger partial charge in [-0.25, -0.2) is 17.5 Å². The summed E-state index contributed by atoms with van der Waals surface area (Å²) < 4.78 is 40.4. The Morgan fingerprint density at radius 3 is 2.68 bits per heavy atom. The zero-order chi connectivity index (χ0) is 14.0. The lowest BCUT2D eigenvalue weighted by Gasteiger charge is -2.27. The third-order valence-electron chi connectivity index (χ3n) is 3.43. The van der Waals surface area contributed by atoms with E-state index in [1.807, 2.05) is 0 Å². The lowest BCUT2D eigenvalue weighted by molar-refractivity contribution is 0.418. The molecule has 1 aromatic carbocycles. The molecule has 19 heavy (non-hydrogen) atoms. The maximum absolute atomic E-state index is 13.2. The van der Waals surface area contributed by atoms with Gasteiger partial charge in [-0.05, 0) is 37.5 Å². The van der Waals surface area contributed by atoms with Gasteiger partial charge < -0.3 is 0 Å². The van der Waals surface area contributed by atoms with Crippen LogP contribution in [0.15, 0.2) is 23.1 Å². The molecule has 0 aromatic heterocycles. The Kier molecular flexibility index (Phi) is 4.48. The second-order valence-corrected chi connectivity index (χ2v) is 7.18. The van der Waals surface area contributed by atoms with Crippen molar-refractivity contribution in [3.8, 4) is 0 Å². The zero-order valence-corrected chi connectivity index (χ0v) is 12.3. The highest BCUT2D eigenvalue weighted by molar-refractivity contribution is 7.89. The van der Waals surface area contributed by atoms with Crippen molar-refractivity contribution < 1.29 is 12.8 Å². The molecular formula is C13H17ClFNO2S. The fourth-order valence-corrected chi connectivity index (χ4v) is 4.33. The molecule has 1 fully saturated rings. The summed E-state index contributed by atoms with van der Waals surface area (Å²) >= 11 is 6.15. The van der Waals surface area contributed by atoms with E-state index in [0.717, 1.165) is 31.7 Å². The van der Waals surface area contributed by atoms with E-state index in [1.165, 1.54) is 12.1 Å². The molecule has 2 rings (SSSR count). The minimum absolute atomic E-state index is 0.0121. The van der Waals surface area contributed by atoms with Gasteiger partial charge in [0, 0.05) is 11.4 Å². The number of rotatable bonds is 3. The molecule has 1 aliphatic rings. The fraction of sp³-hybridized carbons (Fsp3) is 0.538. The van der Waals surface area contributed by atoms with Gasteiger partial charge in [0.1, 0.15) is 5.82 Å². The highest BCUT2D eigenvalue weighted by atomic mass is 35.5. The molecule has 0 amide bonds. The van der Waals surface area contributed by atoms with Crippen LogP contribution in [0, 0.1) is 12.7 Å². The molecule has 106 valence electrons. The maximum Gasteiger partial charge on any atom is 0.241 e. The smallest absolute Gasteiger partial charge is 0.207 e. The van der Waals surface area contributed by atoms with Crippen molar-refractivity contribution in [1.29, 1.82) is 0 Å². The average molecular weight is 306 g/mol. The van der Waals surface area contributed by atoms with Gasteiger partial charge >= 0.3 is 0 Å². The topological polar surface area (TPSA) is 46.2 Å². The van der Waals surface area contributed by atoms with Gasteiger partial charge in [0.25, 0.3) is 0 Å². The lowest BCUT2D eigenvalue weighted by Crippen LogP contribution is -2.42. The molecule has 0 saturated heterocycles. The van der Waals surface area contributed by atoms with Crippen LogP contribution in [0.3, 0.4) is 0 Å². The van der Waals surface area contributed by atoms with Crippen LogP contribution in [0.25, 0.3) is 0 Å². The molecule has 6 heteroatoms. The van der Waals surface area contributed by atoms with Crippen LogP contribution in [-0.4, -0.2) is 19.8 Å². The monoisotopic (exact) mass is 305 g/mol. The molecule has 1 aliphatic carbocycles. The van der Waals surface area contributed by atoms with E-state index in [1.54, 1.807) is 6.92 Å². The number of benzene rings is 1. The minimum atomic E-state index is -3.72. The number of nitrogens with one attached hydrogen (secondary N) is 1. The van der Waals surface area contributed by atoms with Crippen LogP contribution < -0.4 is 4.72 Å².